The predicted octanol–water partition coefficient (Wildman–Crippen LogP) is 2.66. The minimum atomic E-state index is -4.45. The number of likely N-dealkylation sites (tertiary alicyclic amines) is 1. The number of carboxylic acids is 1. The van der Waals surface area contributed by atoms with Crippen LogP contribution in [0.1, 0.15) is 25.3 Å². The molecule has 126 valence electrons. The molecule has 1 unspecified atom stereocenters. The standard InChI is InChI=1S/C14H15F3N2O3S/c1-13(12(21)22)5-2-6-19(13)11(20)8-23-10-4-3-9(7-18-10)14(15,16)17/h3-4,7H,2,5-6,8H2,1H3,(H,21,22). The summed E-state index contributed by atoms with van der Waals surface area (Å²) in [7, 11) is 0. The Morgan fingerprint density at radius 1 is 1.43 bits per heavy atom. The number of amides is 1. The number of pyridine rings is 1. The lowest BCUT2D eigenvalue weighted by Crippen LogP contribution is -2.51. The van der Waals surface area contributed by atoms with Crippen molar-refractivity contribution in [1.29, 1.82) is 0 Å². The second kappa shape index (κ2) is 6.38. The molecule has 1 aromatic rings. The summed E-state index contributed by atoms with van der Waals surface area (Å²) >= 11 is 0.985. The molecular weight excluding hydrogens is 333 g/mol. The average molecular weight is 348 g/mol. The normalized spacial score (nSPS) is 21.5. The molecule has 1 aromatic heterocycles. The Hall–Kier alpha value is -1.77. The van der Waals surface area contributed by atoms with Gasteiger partial charge in [0.2, 0.25) is 5.91 Å². The average Bonchev–Trinajstić information content (AvgIpc) is 2.88. The number of carbonyl (C=O) groups is 2. The van der Waals surface area contributed by atoms with Crippen molar-refractivity contribution in [3.8, 4) is 0 Å². The van der Waals surface area contributed by atoms with Crippen LogP contribution in [0.25, 0.3) is 0 Å². The van der Waals surface area contributed by atoms with Crippen LogP contribution in [0.5, 0.6) is 0 Å². The van der Waals surface area contributed by atoms with E-state index in [1.165, 1.54) is 17.9 Å². The number of aromatic nitrogens is 1. The highest BCUT2D eigenvalue weighted by molar-refractivity contribution is 7.99. The van der Waals surface area contributed by atoms with E-state index >= 15 is 0 Å². The second-order valence-corrected chi connectivity index (χ2v) is 6.40. The van der Waals surface area contributed by atoms with Crippen LogP contribution in [0.4, 0.5) is 13.2 Å². The fourth-order valence-electron chi connectivity index (χ4n) is 2.43. The van der Waals surface area contributed by atoms with E-state index in [-0.39, 0.29) is 16.7 Å². The van der Waals surface area contributed by atoms with E-state index in [1.54, 1.807) is 0 Å². The lowest BCUT2D eigenvalue weighted by molar-refractivity contribution is -0.154. The van der Waals surface area contributed by atoms with E-state index in [2.05, 4.69) is 4.98 Å². The van der Waals surface area contributed by atoms with Gasteiger partial charge in [-0.2, -0.15) is 13.2 Å². The maximum Gasteiger partial charge on any atom is 0.417 e. The van der Waals surface area contributed by atoms with Crippen molar-refractivity contribution in [2.75, 3.05) is 12.3 Å². The maximum atomic E-state index is 12.4. The number of nitrogens with zero attached hydrogens (tertiary/aromatic N) is 2. The van der Waals surface area contributed by atoms with E-state index in [1.807, 2.05) is 0 Å². The molecule has 1 N–H and O–H groups in total. The first-order valence-electron chi connectivity index (χ1n) is 6.84. The van der Waals surface area contributed by atoms with Crippen molar-refractivity contribution in [3.63, 3.8) is 0 Å². The number of carbonyl (C=O) groups excluding carboxylic acids is 1. The highest BCUT2D eigenvalue weighted by atomic mass is 32.2. The molecule has 1 atom stereocenters. The summed E-state index contributed by atoms with van der Waals surface area (Å²) in [6.45, 7) is 1.86. The molecule has 0 saturated carbocycles. The molecule has 0 spiro atoms. The number of halogens is 3. The first-order valence-corrected chi connectivity index (χ1v) is 7.83. The largest absolute Gasteiger partial charge is 0.480 e. The molecule has 2 rings (SSSR count). The molecule has 9 heteroatoms. The Kier molecular flexibility index (Phi) is 4.88. The summed E-state index contributed by atoms with van der Waals surface area (Å²) in [5.41, 5.74) is -2.07. The summed E-state index contributed by atoms with van der Waals surface area (Å²) in [6.07, 6.45) is -2.75. The zero-order valence-corrected chi connectivity index (χ0v) is 13.1. The van der Waals surface area contributed by atoms with Gasteiger partial charge in [-0.25, -0.2) is 9.78 Å². The van der Waals surface area contributed by atoms with Gasteiger partial charge in [-0.05, 0) is 31.9 Å². The number of thioether (sulfide) groups is 1. The first kappa shape index (κ1) is 17.6. The van der Waals surface area contributed by atoms with Crippen molar-refractivity contribution in [3.05, 3.63) is 23.9 Å². The Bertz CT molecular complexity index is 606. The fraction of sp³-hybridized carbons (Fsp3) is 0.500. The van der Waals surface area contributed by atoms with E-state index < -0.39 is 23.2 Å². The van der Waals surface area contributed by atoms with Gasteiger partial charge in [-0.3, -0.25) is 4.79 Å². The van der Waals surface area contributed by atoms with Gasteiger partial charge in [-0.15, -0.1) is 0 Å². The minimum absolute atomic E-state index is 0.0682. The maximum absolute atomic E-state index is 12.4. The SMILES string of the molecule is CC1(C(=O)O)CCCN1C(=O)CSc1ccc(C(F)(F)F)cn1. The Balaban J connectivity index is 1.98. The molecule has 1 aliphatic heterocycles. The summed E-state index contributed by atoms with van der Waals surface area (Å²) in [5.74, 6) is -1.48. The third-order valence-electron chi connectivity index (χ3n) is 3.81. The van der Waals surface area contributed by atoms with Crippen LogP contribution < -0.4 is 0 Å². The van der Waals surface area contributed by atoms with Crippen LogP contribution in [0.3, 0.4) is 0 Å². The van der Waals surface area contributed by atoms with Crippen LogP contribution in [-0.2, 0) is 15.8 Å². The van der Waals surface area contributed by atoms with Gasteiger partial charge in [-0.1, -0.05) is 11.8 Å². The number of hydrogen-bond acceptors (Lipinski definition) is 4. The van der Waals surface area contributed by atoms with Gasteiger partial charge in [0.05, 0.1) is 16.3 Å². The first-order chi connectivity index (χ1) is 10.6. The summed E-state index contributed by atoms with van der Waals surface area (Å²) < 4.78 is 37.3. The van der Waals surface area contributed by atoms with Gasteiger partial charge in [0.15, 0.2) is 0 Å². The van der Waals surface area contributed by atoms with Crippen molar-refractivity contribution in [1.82, 2.24) is 9.88 Å². The van der Waals surface area contributed by atoms with Crippen LogP contribution >= 0.6 is 11.8 Å². The number of aliphatic carboxylic acids is 1. The van der Waals surface area contributed by atoms with Crippen molar-refractivity contribution >= 4 is 23.6 Å². The Labute approximate surface area is 134 Å². The highest BCUT2D eigenvalue weighted by Crippen LogP contribution is 2.31. The second-order valence-electron chi connectivity index (χ2n) is 5.40. The van der Waals surface area contributed by atoms with Crippen molar-refractivity contribution < 1.29 is 27.9 Å². The van der Waals surface area contributed by atoms with E-state index in [9.17, 15) is 27.9 Å². The molecule has 0 bridgehead atoms. The molecule has 5 nitrogen and oxygen atoms in total. The molecule has 0 radical (unpaired) electrons. The number of alkyl halides is 3. The zero-order chi connectivity index (χ0) is 17.3. The topological polar surface area (TPSA) is 70.5 Å². The smallest absolute Gasteiger partial charge is 0.417 e. The highest BCUT2D eigenvalue weighted by Gasteiger charge is 2.45. The van der Waals surface area contributed by atoms with Gasteiger partial charge in [0, 0.05) is 12.7 Å². The Morgan fingerprint density at radius 3 is 2.65 bits per heavy atom. The van der Waals surface area contributed by atoms with E-state index in [0.717, 1.165) is 17.8 Å². The fourth-order valence-corrected chi connectivity index (χ4v) is 3.15. The molecule has 1 fully saturated rings. The number of hydrogen-bond donors (Lipinski definition) is 1. The van der Waals surface area contributed by atoms with Crippen molar-refractivity contribution in [2.45, 2.75) is 36.5 Å². The Morgan fingerprint density at radius 2 is 2.13 bits per heavy atom. The van der Waals surface area contributed by atoms with Crippen LogP contribution in [0, 0.1) is 0 Å². The van der Waals surface area contributed by atoms with Crippen LogP contribution in [0.15, 0.2) is 23.4 Å². The summed E-state index contributed by atoms with van der Waals surface area (Å²) in [6, 6.07) is 2.10. The van der Waals surface area contributed by atoms with Crippen LogP contribution in [-0.4, -0.2) is 44.7 Å². The number of carboxylic acid groups (broad SMARTS) is 1. The third kappa shape index (κ3) is 3.77. The predicted molar refractivity (Wildman–Crippen MR) is 77.0 cm³/mol. The van der Waals surface area contributed by atoms with E-state index in [4.69, 9.17) is 0 Å². The van der Waals surface area contributed by atoms with Gasteiger partial charge >= 0.3 is 12.1 Å². The number of rotatable bonds is 4. The molecule has 1 saturated heterocycles. The quantitative estimate of drug-likeness (QED) is 0.847. The molecule has 23 heavy (non-hydrogen) atoms. The molecule has 1 amide bonds. The molecule has 2 heterocycles. The monoisotopic (exact) mass is 348 g/mol. The van der Waals surface area contributed by atoms with Gasteiger partial charge in [0.25, 0.3) is 0 Å². The van der Waals surface area contributed by atoms with Gasteiger partial charge in [0.1, 0.15) is 5.54 Å². The molecular formula is C14H15F3N2O3S. The van der Waals surface area contributed by atoms with Crippen molar-refractivity contribution in [2.24, 2.45) is 0 Å². The lowest BCUT2D eigenvalue weighted by Gasteiger charge is -2.31. The molecule has 0 aromatic carbocycles. The van der Waals surface area contributed by atoms with Crippen LogP contribution in [0.2, 0.25) is 0 Å². The molecule has 1 aliphatic rings. The van der Waals surface area contributed by atoms with Gasteiger partial charge < -0.3 is 10.0 Å². The van der Waals surface area contributed by atoms with E-state index in [0.29, 0.717) is 25.6 Å². The summed E-state index contributed by atoms with van der Waals surface area (Å²) in [4.78, 5) is 28.5. The third-order valence-corrected chi connectivity index (χ3v) is 4.74. The zero-order valence-electron chi connectivity index (χ0n) is 12.3. The molecule has 0 aliphatic carbocycles. The minimum Gasteiger partial charge on any atom is -0.480 e. The lowest BCUT2D eigenvalue weighted by atomic mass is 9.99. The summed E-state index contributed by atoms with van der Waals surface area (Å²) in [5, 5.41) is 9.54.